The highest BCUT2D eigenvalue weighted by molar-refractivity contribution is 7.92. The Morgan fingerprint density at radius 3 is 2.64 bits per heavy atom. The Bertz CT molecular complexity index is 1000. The molecule has 1 unspecified atom stereocenters. The van der Waals surface area contributed by atoms with Crippen LogP contribution in [0, 0.1) is 5.82 Å². The van der Waals surface area contributed by atoms with Gasteiger partial charge >= 0.3 is 5.51 Å². The maximum Gasteiger partial charge on any atom is 0.501 e. The summed E-state index contributed by atoms with van der Waals surface area (Å²) in [6.45, 7) is 1.48. The van der Waals surface area contributed by atoms with Crippen molar-refractivity contribution in [1.29, 1.82) is 0 Å². The van der Waals surface area contributed by atoms with Crippen LogP contribution >= 0.6 is 0 Å². The van der Waals surface area contributed by atoms with Crippen molar-refractivity contribution < 1.29 is 26.0 Å². The number of aryl methyl sites for hydroxylation is 1. The van der Waals surface area contributed by atoms with Crippen LogP contribution < -0.4 is 4.90 Å². The number of nitrogens with zero attached hydrogens (tertiary/aromatic N) is 4. The lowest BCUT2D eigenvalue weighted by molar-refractivity contribution is -0.0435. The molecule has 4 rings (SSSR count). The van der Waals surface area contributed by atoms with Gasteiger partial charge in [-0.15, -0.1) is 10.2 Å². The molecule has 1 saturated heterocycles. The lowest BCUT2D eigenvalue weighted by Gasteiger charge is -2.35. The number of aromatic nitrogens is 3. The van der Waals surface area contributed by atoms with E-state index in [9.17, 15) is 26.0 Å². The third kappa shape index (κ3) is 3.15. The molecule has 0 radical (unpaired) electrons. The fourth-order valence-electron chi connectivity index (χ4n) is 3.97. The number of fused-ring (bicyclic) bond motifs is 1. The summed E-state index contributed by atoms with van der Waals surface area (Å²) in [7, 11) is -5.67. The molecule has 11 heteroatoms. The summed E-state index contributed by atoms with van der Waals surface area (Å²) < 4.78 is 78.9. The molecule has 2 aliphatic rings. The molecule has 6 nitrogen and oxygen atoms in total. The topological polar surface area (TPSA) is 68.1 Å². The zero-order chi connectivity index (χ0) is 20.1. The fourth-order valence-corrected chi connectivity index (χ4v) is 4.96. The second-order valence-electron chi connectivity index (χ2n) is 7.08. The standard InChI is InChI=1S/C17H18F4N4O2S/c18-12-5-6-13(14(9-12)28(26,27)17(19,20)21)24-7-1-3-11(10-24)16-23-22-15-4-2-8-25(15)16/h5-6,9,11H,1-4,7-8,10H2. The Morgan fingerprint density at radius 2 is 1.89 bits per heavy atom. The quantitative estimate of drug-likeness (QED) is 0.717. The van der Waals surface area contributed by atoms with Crippen LogP contribution in [-0.4, -0.2) is 41.8 Å². The molecule has 152 valence electrons. The van der Waals surface area contributed by atoms with Gasteiger partial charge in [-0.05, 0) is 37.5 Å². The van der Waals surface area contributed by atoms with Crippen LogP contribution in [0.5, 0.6) is 0 Å². The molecule has 0 spiro atoms. The molecule has 0 N–H and O–H groups in total. The molecular weight excluding hydrogens is 400 g/mol. The first-order valence-electron chi connectivity index (χ1n) is 8.96. The van der Waals surface area contributed by atoms with E-state index in [2.05, 4.69) is 10.2 Å². The maximum absolute atomic E-state index is 13.6. The first kappa shape index (κ1) is 19.2. The molecule has 1 fully saturated rings. The highest BCUT2D eigenvalue weighted by Gasteiger charge is 2.48. The Balaban J connectivity index is 1.69. The first-order valence-corrected chi connectivity index (χ1v) is 10.4. The fraction of sp³-hybridized carbons (Fsp3) is 0.529. The number of alkyl halides is 3. The van der Waals surface area contributed by atoms with Gasteiger partial charge in [-0.3, -0.25) is 0 Å². The average molecular weight is 418 g/mol. The number of anilines is 1. The largest absolute Gasteiger partial charge is 0.501 e. The van der Waals surface area contributed by atoms with Crippen molar-refractivity contribution >= 4 is 15.5 Å². The van der Waals surface area contributed by atoms with Gasteiger partial charge in [-0.2, -0.15) is 13.2 Å². The summed E-state index contributed by atoms with van der Waals surface area (Å²) in [4.78, 5) is 0.523. The van der Waals surface area contributed by atoms with E-state index < -0.39 is 26.1 Å². The number of benzene rings is 1. The van der Waals surface area contributed by atoms with Gasteiger partial charge in [0.05, 0.1) is 5.69 Å². The van der Waals surface area contributed by atoms with E-state index in [4.69, 9.17) is 0 Å². The van der Waals surface area contributed by atoms with E-state index in [0.29, 0.717) is 25.6 Å². The zero-order valence-electron chi connectivity index (χ0n) is 14.8. The first-order chi connectivity index (χ1) is 13.2. The van der Waals surface area contributed by atoms with Crippen LogP contribution in [0.15, 0.2) is 23.1 Å². The third-order valence-electron chi connectivity index (χ3n) is 5.28. The predicted molar refractivity (Wildman–Crippen MR) is 92.2 cm³/mol. The Labute approximate surface area is 159 Å². The lowest BCUT2D eigenvalue weighted by atomic mass is 9.96. The molecule has 0 amide bonds. The van der Waals surface area contributed by atoms with Crippen LogP contribution in [0.4, 0.5) is 23.2 Å². The predicted octanol–water partition coefficient (Wildman–Crippen LogP) is 3.04. The molecular formula is C17H18F4N4O2S. The van der Waals surface area contributed by atoms with Gasteiger partial charge in [0.1, 0.15) is 22.4 Å². The highest BCUT2D eigenvalue weighted by atomic mass is 32.2. The van der Waals surface area contributed by atoms with Gasteiger partial charge < -0.3 is 9.47 Å². The number of hydrogen-bond acceptors (Lipinski definition) is 5. The third-order valence-corrected chi connectivity index (χ3v) is 6.80. The van der Waals surface area contributed by atoms with Crippen molar-refractivity contribution in [3.8, 4) is 0 Å². The monoisotopic (exact) mass is 418 g/mol. The van der Waals surface area contributed by atoms with Crippen molar-refractivity contribution in [3.63, 3.8) is 0 Å². The SMILES string of the molecule is O=S(=O)(c1cc(F)ccc1N1CCCC(c2nnc3n2CCC3)C1)C(F)(F)F. The molecule has 3 heterocycles. The van der Waals surface area contributed by atoms with Gasteiger partial charge in [0.15, 0.2) is 0 Å². The summed E-state index contributed by atoms with van der Waals surface area (Å²) in [5, 5.41) is 8.41. The summed E-state index contributed by atoms with van der Waals surface area (Å²) in [5.41, 5.74) is -5.64. The minimum absolute atomic E-state index is 0.0837. The number of rotatable bonds is 3. The molecule has 1 aromatic carbocycles. The molecule has 1 aromatic heterocycles. The second kappa shape index (κ2) is 6.71. The van der Waals surface area contributed by atoms with Gasteiger partial charge in [-0.25, -0.2) is 12.8 Å². The number of hydrogen-bond donors (Lipinski definition) is 0. The van der Waals surface area contributed by atoms with Crippen LogP contribution in [0.2, 0.25) is 0 Å². The van der Waals surface area contributed by atoms with E-state index in [1.807, 2.05) is 4.57 Å². The van der Waals surface area contributed by atoms with Crippen molar-refractivity contribution in [1.82, 2.24) is 14.8 Å². The van der Waals surface area contributed by atoms with Crippen LogP contribution in [-0.2, 0) is 22.8 Å². The lowest BCUT2D eigenvalue weighted by Crippen LogP contribution is -2.37. The Hall–Kier alpha value is -2.17. The minimum atomic E-state index is -5.67. The molecule has 1 atom stereocenters. The maximum atomic E-state index is 13.6. The summed E-state index contributed by atoms with van der Waals surface area (Å²) in [6.07, 6.45) is 3.24. The number of piperidine rings is 1. The van der Waals surface area contributed by atoms with Crippen molar-refractivity contribution in [2.75, 3.05) is 18.0 Å². The van der Waals surface area contributed by atoms with E-state index >= 15 is 0 Å². The smallest absolute Gasteiger partial charge is 0.370 e. The molecule has 28 heavy (non-hydrogen) atoms. The Kier molecular flexibility index (Phi) is 4.59. The minimum Gasteiger partial charge on any atom is -0.370 e. The van der Waals surface area contributed by atoms with Crippen LogP contribution in [0.3, 0.4) is 0 Å². The van der Waals surface area contributed by atoms with E-state index in [0.717, 1.165) is 49.6 Å². The van der Waals surface area contributed by atoms with Gasteiger partial charge in [0.25, 0.3) is 9.84 Å². The number of sulfone groups is 1. The van der Waals surface area contributed by atoms with Crippen molar-refractivity contribution in [2.24, 2.45) is 0 Å². The summed E-state index contributed by atoms with van der Waals surface area (Å²) in [5.74, 6) is 0.559. The van der Waals surface area contributed by atoms with E-state index in [1.165, 1.54) is 0 Å². The van der Waals surface area contributed by atoms with Gasteiger partial charge in [0, 0.05) is 32.0 Å². The van der Waals surface area contributed by atoms with Gasteiger partial charge in [-0.1, -0.05) is 0 Å². The van der Waals surface area contributed by atoms with Crippen molar-refractivity contribution in [2.45, 2.75) is 48.5 Å². The number of halogens is 4. The summed E-state index contributed by atoms with van der Waals surface area (Å²) in [6, 6.07) is 2.52. The average Bonchev–Trinajstić information content (AvgIpc) is 3.24. The second-order valence-corrected chi connectivity index (χ2v) is 8.99. The molecule has 0 bridgehead atoms. The molecule has 0 saturated carbocycles. The van der Waals surface area contributed by atoms with Crippen LogP contribution in [0.1, 0.15) is 36.8 Å². The van der Waals surface area contributed by atoms with E-state index in [1.54, 1.807) is 4.90 Å². The molecule has 2 aromatic rings. The van der Waals surface area contributed by atoms with Gasteiger partial charge in [0.2, 0.25) is 0 Å². The highest BCUT2D eigenvalue weighted by Crippen LogP contribution is 2.39. The van der Waals surface area contributed by atoms with E-state index in [-0.39, 0.29) is 11.6 Å². The summed E-state index contributed by atoms with van der Waals surface area (Å²) >= 11 is 0. The molecule has 0 aliphatic carbocycles. The molecule has 2 aliphatic heterocycles. The zero-order valence-corrected chi connectivity index (χ0v) is 15.6. The normalized spacial score (nSPS) is 20.4. The van der Waals surface area contributed by atoms with Crippen LogP contribution in [0.25, 0.3) is 0 Å². The Morgan fingerprint density at radius 1 is 1.11 bits per heavy atom. The van der Waals surface area contributed by atoms with Crippen molar-refractivity contribution in [3.05, 3.63) is 35.7 Å².